The highest BCUT2D eigenvalue weighted by atomic mass is 16.3. The zero-order valence-corrected chi connectivity index (χ0v) is 21.4. The highest BCUT2D eigenvalue weighted by molar-refractivity contribution is 5.27. The van der Waals surface area contributed by atoms with Gasteiger partial charge in [-0.05, 0) is 117 Å². The summed E-state index contributed by atoms with van der Waals surface area (Å²) in [5.74, 6) is 4.77. The lowest BCUT2D eigenvalue weighted by Crippen LogP contribution is -2.49. The summed E-state index contributed by atoms with van der Waals surface area (Å²) in [6.07, 6.45) is 19.2. The number of fused-ring (bicyclic) bond motifs is 5. The maximum Gasteiger partial charge on any atom is 0.0543 e. The van der Waals surface area contributed by atoms with Gasteiger partial charge in [-0.3, -0.25) is 0 Å². The van der Waals surface area contributed by atoms with Gasteiger partial charge < -0.3 is 5.11 Å². The van der Waals surface area contributed by atoms with Gasteiger partial charge in [0.2, 0.25) is 0 Å². The fraction of sp³-hybridized carbons (Fsp3) is 0.867. The first-order chi connectivity index (χ1) is 14.7. The van der Waals surface area contributed by atoms with Crippen LogP contribution in [0, 0.1) is 46.3 Å². The first kappa shape index (κ1) is 23.6. The second kappa shape index (κ2) is 9.00. The molecule has 4 rings (SSSR count). The normalized spacial score (nSPS) is 43.8. The van der Waals surface area contributed by atoms with Crippen molar-refractivity contribution in [1.29, 1.82) is 0 Å². The molecule has 0 radical (unpaired) electrons. The van der Waals surface area contributed by atoms with E-state index >= 15 is 0 Å². The van der Waals surface area contributed by atoms with Crippen LogP contribution in [0.15, 0.2) is 23.3 Å². The molecular weight excluding hydrogens is 376 g/mol. The average Bonchev–Trinajstić information content (AvgIpc) is 3.08. The maximum absolute atomic E-state index is 10.3. The first-order valence-corrected chi connectivity index (χ1v) is 13.8. The molecule has 0 saturated heterocycles. The van der Waals surface area contributed by atoms with Gasteiger partial charge in [-0.1, -0.05) is 64.8 Å². The number of hydrogen-bond acceptors (Lipinski definition) is 1. The minimum absolute atomic E-state index is 0.0453. The van der Waals surface area contributed by atoms with Crippen molar-refractivity contribution in [3.8, 4) is 0 Å². The molecule has 3 saturated carbocycles. The van der Waals surface area contributed by atoms with Crippen molar-refractivity contribution in [2.24, 2.45) is 46.3 Å². The fourth-order valence-electron chi connectivity index (χ4n) is 8.95. The molecule has 1 nitrogen and oxygen atoms in total. The Morgan fingerprint density at radius 1 is 1.06 bits per heavy atom. The molecule has 1 N–H and O–H groups in total. The third kappa shape index (κ3) is 4.11. The van der Waals surface area contributed by atoms with Gasteiger partial charge in [0, 0.05) is 0 Å². The molecule has 1 heteroatoms. The second-order valence-corrected chi connectivity index (χ2v) is 12.8. The van der Waals surface area contributed by atoms with Crippen molar-refractivity contribution in [1.82, 2.24) is 0 Å². The Morgan fingerprint density at radius 3 is 2.48 bits per heavy atom. The van der Waals surface area contributed by atoms with E-state index in [0.717, 1.165) is 36.5 Å². The average molecular weight is 427 g/mol. The van der Waals surface area contributed by atoms with Crippen molar-refractivity contribution < 1.29 is 5.11 Å². The van der Waals surface area contributed by atoms with Gasteiger partial charge in [-0.15, -0.1) is 0 Å². The molecule has 0 amide bonds. The molecule has 8 unspecified atom stereocenters. The van der Waals surface area contributed by atoms with Gasteiger partial charge >= 0.3 is 0 Å². The van der Waals surface area contributed by atoms with Crippen LogP contribution < -0.4 is 0 Å². The van der Waals surface area contributed by atoms with Crippen LogP contribution in [0.1, 0.15) is 112 Å². The van der Waals surface area contributed by atoms with Crippen LogP contribution in [0.3, 0.4) is 0 Å². The van der Waals surface area contributed by atoms with E-state index in [1.807, 2.05) is 5.57 Å². The minimum atomic E-state index is -0.0453. The molecular formula is C30H50O. The summed E-state index contributed by atoms with van der Waals surface area (Å²) in [5, 5.41) is 10.3. The van der Waals surface area contributed by atoms with E-state index in [1.165, 1.54) is 57.8 Å². The third-order valence-electron chi connectivity index (χ3n) is 10.9. The summed E-state index contributed by atoms with van der Waals surface area (Å²) in [5.41, 5.74) is 4.52. The maximum atomic E-state index is 10.3. The smallest absolute Gasteiger partial charge is 0.0543 e. The molecule has 176 valence electrons. The molecule has 0 spiro atoms. The van der Waals surface area contributed by atoms with Crippen molar-refractivity contribution in [3.63, 3.8) is 0 Å². The van der Waals surface area contributed by atoms with Gasteiger partial charge in [0.1, 0.15) is 0 Å². The van der Waals surface area contributed by atoms with Crippen molar-refractivity contribution in [3.05, 3.63) is 23.3 Å². The van der Waals surface area contributed by atoms with E-state index in [1.54, 1.807) is 5.57 Å². The summed E-state index contributed by atoms with van der Waals surface area (Å²) in [6, 6.07) is 0. The van der Waals surface area contributed by atoms with Crippen molar-refractivity contribution in [2.45, 2.75) is 118 Å². The number of aliphatic hydroxyl groups is 1. The number of rotatable bonds is 6. The number of allylic oxidation sites excluding steroid dienone is 4. The van der Waals surface area contributed by atoms with E-state index < -0.39 is 0 Å². The Balaban J connectivity index is 1.48. The first-order valence-electron chi connectivity index (χ1n) is 13.8. The van der Waals surface area contributed by atoms with Crippen LogP contribution in [-0.2, 0) is 0 Å². The summed E-state index contributed by atoms with van der Waals surface area (Å²) in [7, 11) is 0. The highest BCUT2D eigenvalue weighted by Crippen LogP contribution is 2.67. The summed E-state index contributed by atoms with van der Waals surface area (Å²) in [4.78, 5) is 0. The van der Waals surface area contributed by atoms with Crippen LogP contribution in [0.25, 0.3) is 0 Å². The van der Waals surface area contributed by atoms with Crippen LogP contribution in [0.4, 0.5) is 0 Å². The van der Waals surface area contributed by atoms with Crippen LogP contribution in [-0.4, -0.2) is 11.2 Å². The van der Waals surface area contributed by atoms with Crippen LogP contribution in [0.5, 0.6) is 0 Å². The molecule has 0 bridgehead atoms. The van der Waals surface area contributed by atoms with E-state index in [0.29, 0.717) is 22.7 Å². The highest BCUT2D eigenvalue weighted by Gasteiger charge is 2.58. The van der Waals surface area contributed by atoms with E-state index in [9.17, 15) is 5.11 Å². The standard InChI is InChI=1S/C30H50O/c1-7-8-22(20(2)3)10-9-21(4)26-13-14-27-25-12-11-23-19-24(31)15-17-29(23,5)28(25)16-18-30(26,27)6/h8,12,20-21,23-24,26-28,31H,7,9-11,13-19H2,1-6H3. The largest absolute Gasteiger partial charge is 0.393 e. The van der Waals surface area contributed by atoms with E-state index in [4.69, 9.17) is 0 Å². The molecule has 31 heavy (non-hydrogen) atoms. The van der Waals surface area contributed by atoms with Crippen LogP contribution in [0.2, 0.25) is 0 Å². The Morgan fingerprint density at radius 2 is 1.77 bits per heavy atom. The lowest BCUT2D eigenvalue weighted by Gasteiger charge is -2.57. The number of hydrogen-bond donors (Lipinski definition) is 1. The van der Waals surface area contributed by atoms with Crippen molar-refractivity contribution >= 4 is 0 Å². The van der Waals surface area contributed by atoms with Gasteiger partial charge in [0.15, 0.2) is 0 Å². The zero-order valence-electron chi connectivity index (χ0n) is 21.4. The van der Waals surface area contributed by atoms with Crippen LogP contribution >= 0.6 is 0 Å². The van der Waals surface area contributed by atoms with E-state index in [2.05, 4.69) is 53.7 Å². The molecule has 0 heterocycles. The van der Waals surface area contributed by atoms with Gasteiger partial charge in [-0.2, -0.15) is 0 Å². The van der Waals surface area contributed by atoms with E-state index in [-0.39, 0.29) is 6.10 Å². The molecule has 4 aliphatic carbocycles. The Labute approximate surface area is 193 Å². The van der Waals surface area contributed by atoms with Gasteiger partial charge in [-0.25, -0.2) is 0 Å². The number of aliphatic hydroxyl groups excluding tert-OH is 1. The molecule has 0 aliphatic heterocycles. The lowest BCUT2D eigenvalue weighted by molar-refractivity contribution is -0.0427. The van der Waals surface area contributed by atoms with Crippen molar-refractivity contribution in [2.75, 3.05) is 0 Å². The zero-order chi connectivity index (χ0) is 22.4. The predicted octanol–water partition coefficient (Wildman–Crippen LogP) is 8.34. The Kier molecular flexibility index (Phi) is 6.85. The summed E-state index contributed by atoms with van der Waals surface area (Å²) < 4.78 is 0. The molecule has 8 atom stereocenters. The molecule has 4 aliphatic rings. The minimum Gasteiger partial charge on any atom is -0.393 e. The Bertz CT molecular complexity index is 701. The molecule has 0 aromatic heterocycles. The topological polar surface area (TPSA) is 20.2 Å². The second-order valence-electron chi connectivity index (χ2n) is 12.8. The van der Waals surface area contributed by atoms with Gasteiger partial charge in [0.25, 0.3) is 0 Å². The quantitative estimate of drug-likeness (QED) is 0.423. The summed E-state index contributed by atoms with van der Waals surface area (Å²) >= 11 is 0. The molecule has 3 fully saturated rings. The Hall–Kier alpha value is -0.560. The molecule has 0 aromatic rings. The lowest BCUT2D eigenvalue weighted by atomic mass is 9.47. The fourth-order valence-corrected chi connectivity index (χ4v) is 8.95. The monoisotopic (exact) mass is 426 g/mol. The SMILES string of the molecule is CCC=C(CCC(C)C1CCC2C3=CCC4CC(O)CCC4(C)C3CCC21C)C(C)C. The molecule has 0 aromatic carbocycles. The van der Waals surface area contributed by atoms with Gasteiger partial charge in [0.05, 0.1) is 6.10 Å². The summed E-state index contributed by atoms with van der Waals surface area (Å²) in [6.45, 7) is 14.9. The predicted molar refractivity (Wildman–Crippen MR) is 133 cm³/mol. The third-order valence-corrected chi connectivity index (χ3v) is 10.9.